The van der Waals surface area contributed by atoms with Crippen molar-refractivity contribution in [3.8, 4) is 0 Å². The lowest BCUT2D eigenvalue weighted by atomic mass is 10.1. The molecule has 2 amide bonds. The van der Waals surface area contributed by atoms with Crippen LogP contribution in [0.25, 0.3) is 0 Å². The molecule has 1 aliphatic heterocycles. The van der Waals surface area contributed by atoms with Crippen LogP contribution in [0, 0.1) is 5.92 Å². The second kappa shape index (κ2) is 12.1. The third kappa shape index (κ3) is 6.67. The number of carbonyl (C=O) groups excluding carboxylic acids is 2. The zero-order valence-electron chi connectivity index (χ0n) is 21.1. The number of fused-ring (bicyclic) bond motifs is 1. The van der Waals surface area contributed by atoms with Crippen LogP contribution in [0.5, 0.6) is 0 Å². The van der Waals surface area contributed by atoms with E-state index in [1.54, 1.807) is 15.9 Å². The molecule has 0 radical (unpaired) electrons. The van der Waals surface area contributed by atoms with E-state index in [1.807, 2.05) is 24.3 Å². The van der Waals surface area contributed by atoms with E-state index in [1.165, 1.54) is 7.11 Å². The first-order valence-electron chi connectivity index (χ1n) is 12.2. The number of carbonyl (C=O) groups is 2. The molecule has 1 aromatic carbocycles. The van der Waals surface area contributed by atoms with Crippen molar-refractivity contribution in [2.45, 2.75) is 53.1 Å². The Morgan fingerprint density at radius 1 is 1.09 bits per heavy atom. The molecular weight excluding hydrogens is 432 g/mol. The molecule has 0 fully saturated rings. The predicted octanol–water partition coefficient (Wildman–Crippen LogP) is 3.61. The van der Waals surface area contributed by atoms with Crippen LogP contribution in [0.4, 0.5) is 5.69 Å². The fourth-order valence-corrected chi connectivity index (χ4v) is 4.34. The van der Waals surface area contributed by atoms with Gasteiger partial charge in [-0.15, -0.1) is 0 Å². The molecule has 0 aliphatic carbocycles. The molecule has 0 atom stereocenters. The summed E-state index contributed by atoms with van der Waals surface area (Å²) < 4.78 is 10.6. The number of benzene rings is 1. The van der Waals surface area contributed by atoms with Gasteiger partial charge in [0.2, 0.25) is 5.76 Å². The summed E-state index contributed by atoms with van der Waals surface area (Å²) in [5.41, 5.74) is 2.52. The lowest BCUT2D eigenvalue weighted by Gasteiger charge is -2.29. The molecule has 8 nitrogen and oxygen atoms in total. The highest BCUT2D eigenvalue weighted by molar-refractivity contribution is 5.95. The highest BCUT2D eigenvalue weighted by atomic mass is 16.5. The van der Waals surface area contributed by atoms with Gasteiger partial charge in [-0.3, -0.25) is 14.5 Å². The monoisotopic (exact) mass is 470 g/mol. The Labute approximate surface area is 202 Å². The van der Waals surface area contributed by atoms with E-state index in [0.29, 0.717) is 31.6 Å². The summed E-state index contributed by atoms with van der Waals surface area (Å²) >= 11 is 0. The quantitative estimate of drug-likeness (QED) is 0.642. The van der Waals surface area contributed by atoms with E-state index in [0.717, 1.165) is 42.9 Å². The average Bonchev–Trinajstić information content (AvgIpc) is 3.23. The topological polar surface area (TPSA) is 79.1 Å². The fraction of sp³-hybridized carbons (Fsp3) is 0.577. The number of anilines is 1. The molecule has 1 aromatic heterocycles. The van der Waals surface area contributed by atoms with Gasteiger partial charge in [-0.05, 0) is 44.2 Å². The summed E-state index contributed by atoms with van der Waals surface area (Å²) in [6, 6.07) is 9.87. The summed E-state index contributed by atoms with van der Waals surface area (Å²) in [7, 11) is 1.53. The summed E-state index contributed by atoms with van der Waals surface area (Å²) in [5, 5.41) is 4.11. The van der Waals surface area contributed by atoms with Gasteiger partial charge in [-0.25, -0.2) is 0 Å². The normalized spacial score (nSPS) is 16.0. The van der Waals surface area contributed by atoms with Crippen molar-refractivity contribution in [3.63, 3.8) is 0 Å². The molecule has 2 aromatic rings. The Balaban J connectivity index is 1.95. The summed E-state index contributed by atoms with van der Waals surface area (Å²) in [6.07, 6.45) is 1.59. The number of aromatic nitrogens is 1. The number of amides is 2. The molecule has 0 saturated heterocycles. The molecule has 0 saturated carbocycles. The number of hydrogen-bond acceptors (Lipinski definition) is 6. The Kier molecular flexibility index (Phi) is 9.24. The SMILES string of the molecule is COCC(=O)N1CCCN(C(C)C)CCN(C(=O)c2cc(CC(C)C)no2)Cc2ccccc21. The number of ether oxygens (including phenoxy) is 1. The Hall–Kier alpha value is -2.71. The van der Waals surface area contributed by atoms with Crippen LogP contribution in [0.2, 0.25) is 0 Å². The first-order chi connectivity index (χ1) is 16.3. The third-order valence-electron chi connectivity index (χ3n) is 6.10. The van der Waals surface area contributed by atoms with Crippen molar-refractivity contribution >= 4 is 17.5 Å². The average molecular weight is 471 g/mol. The van der Waals surface area contributed by atoms with E-state index in [4.69, 9.17) is 9.26 Å². The van der Waals surface area contributed by atoms with Crippen molar-refractivity contribution < 1.29 is 18.8 Å². The molecule has 186 valence electrons. The number of hydrogen-bond donors (Lipinski definition) is 0. The Morgan fingerprint density at radius 2 is 1.85 bits per heavy atom. The highest BCUT2D eigenvalue weighted by Crippen LogP contribution is 2.25. The number of rotatable bonds is 6. The molecule has 0 spiro atoms. The number of nitrogens with zero attached hydrogens (tertiary/aromatic N) is 4. The molecule has 3 rings (SSSR count). The maximum absolute atomic E-state index is 13.5. The molecule has 0 bridgehead atoms. The van der Waals surface area contributed by atoms with Crippen molar-refractivity contribution in [2.24, 2.45) is 5.92 Å². The van der Waals surface area contributed by atoms with Crippen LogP contribution in [0.1, 0.15) is 55.9 Å². The first-order valence-corrected chi connectivity index (χ1v) is 12.2. The van der Waals surface area contributed by atoms with Gasteiger partial charge in [0.1, 0.15) is 6.61 Å². The molecule has 0 unspecified atom stereocenters. The standard InChI is InChI=1S/C26H38N4O4/c1-19(2)15-22-16-24(34-27-22)26(32)29-14-13-28(20(3)4)11-8-12-30(25(31)18-33-5)23-10-7-6-9-21(23)17-29/h6-7,9-10,16,19-20H,8,11-15,17-18H2,1-5H3. The molecular formula is C26H38N4O4. The maximum Gasteiger partial charge on any atom is 0.292 e. The lowest BCUT2D eigenvalue weighted by Crippen LogP contribution is -2.41. The van der Waals surface area contributed by atoms with Crippen molar-refractivity contribution in [2.75, 3.05) is 44.8 Å². The van der Waals surface area contributed by atoms with Gasteiger partial charge in [0, 0.05) is 57.6 Å². The maximum atomic E-state index is 13.5. The van der Waals surface area contributed by atoms with Crippen molar-refractivity contribution in [1.82, 2.24) is 15.0 Å². The summed E-state index contributed by atoms with van der Waals surface area (Å²) in [4.78, 5) is 32.4. The van der Waals surface area contributed by atoms with Gasteiger partial charge < -0.3 is 19.1 Å². The molecule has 8 heteroatoms. The molecule has 1 aliphatic rings. The lowest BCUT2D eigenvalue weighted by molar-refractivity contribution is -0.122. The van der Waals surface area contributed by atoms with Crippen molar-refractivity contribution in [1.29, 1.82) is 0 Å². The first kappa shape index (κ1) is 25.9. The second-order valence-corrected chi connectivity index (χ2v) is 9.60. The number of methoxy groups -OCH3 is 1. The minimum absolute atomic E-state index is 0.0154. The van der Waals surface area contributed by atoms with Crippen LogP contribution in [-0.2, 0) is 22.5 Å². The van der Waals surface area contributed by atoms with E-state index >= 15 is 0 Å². The van der Waals surface area contributed by atoms with Gasteiger partial charge in [0.25, 0.3) is 11.8 Å². The predicted molar refractivity (Wildman–Crippen MR) is 132 cm³/mol. The summed E-state index contributed by atoms with van der Waals surface area (Å²) in [6.45, 7) is 11.6. The van der Waals surface area contributed by atoms with Crippen LogP contribution < -0.4 is 4.90 Å². The number of para-hydroxylation sites is 1. The van der Waals surface area contributed by atoms with E-state index in [9.17, 15) is 9.59 Å². The zero-order valence-corrected chi connectivity index (χ0v) is 21.1. The molecule has 0 N–H and O–H groups in total. The van der Waals surface area contributed by atoms with Gasteiger partial charge in [0.15, 0.2) is 0 Å². The zero-order chi connectivity index (χ0) is 24.7. The molecule has 2 heterocycles. The van der Waals surface area contributed by atoms with Crippen LogP contribution in [0.3, 0.4) is 0 Å². The minimum atomic E-state index is -0.185. The second-order valence-electron chi connectivity index (χ2n) is 9.60. The van der Waals surface area contributed by atoms with Gasteiger partial charge in [0.05, 0.1) is 5.69 Å². The third-order valence-corrected chi connectivity index (χ3v) is 6.10. The van der Waals surface area contributed by atoms with Crippen molar-refractivity contribution in [3.05, 3.63) is 47.3 Å². The van der Waals surface area contributed by atoms with E-state index in [2.05, 4.69) is 37.8 Å². The molecule has 34 heavy (non-hydrogen) atoms. The van der Waals surface area contributed by atoms with Crippen LogP contribution in [-0.4, -0.2) is 72.7 Å². The van der Waals surface area contributed by atoms with E-state index < -0.39 is 0 Å². The van der Waals surface area contributed by atoms with Gasteiger partial charge >= 0.3 is 0 Å². The van der Waals surface area contributed by atoms with Crippen LogP contribution >= 0.6 is 0 Å². The largest absolute Gasteiger partial charge is 0.375 e. The Morgan fingerprint density at radius 3 is 2.56 bits per heavy atom. The van der Waals surface area contributed by atoms with Gasteiger partial charge in [-0.2, -0.15) is 0 Å². The van der Waals surface area contributed by atoms with E-state index in [-0.39, 0.29) is 24.2 Å². The van der Waals surface area contributed by atoms with Gasteiger partial charge in [-0.1, -0.05) is 37.2 Å². The van der Waals surface area contributed by atoms with Crippen LogP contribution in [0.15, 0.2) is 34.9 Å². The highest BCUT2D eigenvalue weighted by Gasteiger charge is 2.26. The minimum Gasteiger partial charge on any atom is -0.375 e. The fourth-order valence-electron chi connectivity index (χ4n) is 4.34. The Bertz CT molecular complexity index is 956. The summed E-state index contributed by atoms with van der Waals surface area (Å²) in [5.74, 6) is 0.408. The smallest absolute Gasteiger partial charge is 0.292 e.